The topological polar surface area (TPSA) is 40.5 Å². The molecular formula is C15H17NO2. The summed E-state index contributed by atoms with van der Waals surface area (Å²) in [5.74, 6) is 5.72. The molecule has 1 heterocycles. The van der Waals surface area contributed by atoms with Gasteiger partial charge in [-0.3, -0.25) is 4.79 Å². The third-order valence-corrected chi connectivity index (χ3v) is 3.06. The number of hydrogen-bond acceptors (Lipinski definition) is 2. The fourth-order valence-electron chi connectivity index (χ4n) is 2.08. The number of hydrogen-bond donors (Lipinski definition) is 1. The van der Waals surface area contributed by atoms with Gasteiger partial charge in [0.15, 0.2) is 0 Å². The van der Waals surface area contributed by atoms with Crippen LogP contribution in [0.5, 0.6) is 0 Å². The zero-order chi connectivity index (χ0) is 12.8. The molecule has 1 fully saturated rings. The van der Waals surface area contributed by atoms with Crippen LogP contribution in [-0.2, 0) is 11.3 Å². The van der Waals surface area contributed by atoms with Crippen molar-refractivity contribution in [3.63, 3.8) is 0 Å². The van der Waals surface area contributed by atoms with E-state index in [1.807, 2.05) is 29.2 Å². The van der Waals surface area contributed by atoms with E-state index in [0.717, 1.165) is 30.5 Å². The summed E-state index contributed by atoms with van der Waals surface area (Å²) in [5, 5.41) is 8.61. The zero-order valence-electron chi connectivity index (χ0n) is 10.4. The van der Waals surface area contributed by atoms with Gasteiger partial charge in [0.2, 0.25) is 5.91 Å². The summed E-state index contributed by atoms with van der Waals surface area (Å²) in [6.07, 6.45) is 2.80. The van der Waals surface area contributed by atoms with Gasteiger partial charge in [-0.2, -0.15) is 0 Å². The predicted octanol–water partition coefficient (Wildman–Crippen LogP) is 1.54. The standard InChI is InChI=1S/C15H17NO2/c17-11-3-4-13-6-8-14(9-7-13)12-16-10-2-1-5-15(16)18/h6-9,17H,1-2,5,10-12H2. The van der Waals surface area contributed by atoms with Gasteiger partial charge >= 0.3 is 0 Å². The minimum Gasteiger partial charge on any atom is -0.384 e. The third kappa shape index (κ3) is 3.35. The fraction of sp³-hybridized carbons (Fsp3) is 0.400. The highest BCUT2D eigenvalue weighted by Crippen LogP contribution is 2.14. The predicted molar refractivity (Wildman–Crippen MR) is 69.7 cm³/mol. The monoisotopic (exact) mass is 243 g/mol. The van der Waals surface area contributed by atoms with E-state index in [-0.39, 0.29) is 12.5 Å². The highest BCUT2D eigenvalue weighted by atomic mass is 16.2. The Hall–Kier alpha value is -1.79. The molecule has 0 radical (unpaired) electrons. The lowest BCUT2D eigenvalue weighted by atomic mass is 10.1. The second-order valence-corrected chi connectivity index (χ2v) is 4.43. The molecule has 0 unspecified atom stereocenters. The smallest absolute Gasteiger partial charge is 0.222 e. The lowest BCUT2D eigenvalue weighted by Gasteiger charge is -2.26. The maximum atomic E-state index is 11.7. The van der Waals surface area contributed by atoms with Gasteiger partial charge in [0, 0.05) is 25.1 Å². The average Bonchev–Trinajstić information content (AvgIpc) is 2.41. The van der Waals surface area contributed by atoms with Crippen molar-refractivity contribution in [3.05, 3.63) is 35.4 Å². The minimum atomic E-state index is -0.121. The summed E-state index contributed by atoms with van der Waals surface area (Å²) in [6, 6.07) is 7.82. The van der Waals surface area contributed by atoms with Crippen LogP contribution in [-0.4, -0.2) is 29.1 Å². The molecule has 18 heavy (non-hydrogen) atoms. The molecule has 1 N–H and O–H groups in total. The lowest BCUT2D eigenvalue weighted by molar-refractivity contribution is -0.133. The van der Waals surface area contributed by atoms with Gasteiger partial charge in [-0.05, 0) is 30.5 Å². The molecule has 94 valence electrons. The van der Waals surface area contributed by atoms with Crippen molar-refractivity contribution < 1.29 is 9.90 Å². The molecule has 0 aliphatic carbocycles. The number of amides is 1. The Morgan fingerprint density at radius 3 is 2.67 bits per heavy atom. The van der Waals surface area contributed by atoms with Crippen LogP contribution in [0.15, 0.2) is 24.3 Å². The quantitative estimate of drug-likeness (QED) is 0.800. The Morgan fingerprint density at radius 1 is 1.22 bits per heavy atom. The molecule has 3 heteroatoms. The molecule has 0 saturated carbocycles. The second kappa shape index (κ2) is 6.23. The van der Waals surface area contributed by atoms with E-state index in [4.69, 9.17) is 5.11 Å². The van der Waals surface area contributed by atoms with Crippen molar-refractivity contribution in [2.24, 2.45) is 0 Å². The van der Waals surface area contributed by atoms with Crippen molar-refractivity contribution in [3.8, 4) is 11.8 Å². The maximum Gasteiger partial charge on any atom is 0.222 e. The van der Waals surface area contributed by atoms with Crippen LogP contribution in [0, 0.1) is 11.8 Å². The first-order valence-electron chi connectivity index (χ1n) is 6.26. The van der Waals surface area contributed by atoms with E-state index in [1.54, 1.807) is 0 Å². The average molecular weight is 243 g/mol. The molecule has 3 nitrogen and oxygen atoms in total. The third-order valence-electron chi connectivity index (χ3n) is 3.06. The van der Waals surface area contributed by atoms with Crippen LogP contribution in [0.1, 0.15) is 30.4 Å². The Bertz CT molecular complexity index is 468. The highest BCUT2D eigenvalue weighted by molar-refractivity contribution is 5.76. The first-order chi connectivity index (χ1) is 8.79. The summed E-state index contributed by atoms with van der Waals surface area (Å²) in [6.45, 7) is 1.43. The Kier molecular flexibility index (Phi) is 4.38. The van der Waals surface area contributed by atoms with Gasteiger partial charge in [0.1, 0.15) is 6.61 Å². The minimum absolute atomic E-state index is 0.121. The number of nitrogens with zero attached hydrogens (tertiary/aromatic N) is 1. The normalized spacial score (nSPS) is 15.2. The molecule has 1 saturated heterocycles. The maximum absolute atomic E-state index is 11.7. The summed E-state index contributed by atoms with van der Waals surface area (Å²) >= 11 is 0. The van der Waals surface area contributed by atoms with E-state index in [0.29, 0.717) is 13.0 Å². The lowest BCUT2D eigenvalue weighted by Crippen LogP contribution is -2.34. The Balaban J connectivity index is 1.99. The van der Waals surface area contributed by atoms with Crippen LogP contribution in [0.3, 0.4) is 0 Å². The summed E-state index contributed by atoms with van der Waals surface area (Å²) < 4.78 is 0. The van der Waals surface area contributed by atoms with Crippen LogP contribution in [0.25, 0.3) is 0 Å². The SMILES string of the molecule is O=C1CCCCN1Cc1ccc(C#CCO)cc1. The van der Waals surface area contributed by atoms with Crippen molar-refractivity contribution in [2.45, 2.75) is 25.8 Å². The summed E-state index contributed by atoms with van der Waals surface area (Å²) in [4.78, 5) is 13.6. The van der Waals surface area contributed by atoms with Crippen LogP contribution in [0.2, 0.25) is 0 Å². The van der Waals surface area contributed by atoms with Gasteiger partial charge in [-0.15, -0.1) is 0 Å². The van der Waals surface area contributed by atoms with E-state index in [9.17, 15) is 4.79 Å². The van der Waals surface area contributed by atoms with Gasteiger partial charge in [0.25, 0.3) is 0 Å². The molecule has 0 bridgehead atoms. The number of aliphatic hydroxyl groups is 1. The number of rotatable bonds is 2. The molecule has 1 aliphatic rings. The van der Waals surface area contributed by atoms with Crippen LogP contribution < -0.4 is 0 Å². The van der Waals surface area contributed by atoms with Crippen molar-refractivity contribution >= 4 is 5.91 Å². The van der Waals surface area contributed by atoms with Gasteiger partial charge in [-0.25, -0.2) is 0 Å². The fourth-order valence-corrected chi connectivity index (χ4v) is 2.08. The largest absolute Gasteiger partial charge is 0.384 e. The van der Waals surface area contributed by atoms with Gasteiger partial charge in [0.05, 0.1) is 0 Å². The molecule has 1 amide bonds. The first kappa shape index (κ1) is 12.7. The number of piperidine rings is 1. The first-order valence-corrected chi connectivity index (χ1v) is 6.26. The number of carbonyl (C=O) groups is 1. The molecule has 0 aromatic heterocycles. The molecule has 1 aromatic rings. The van der Waals surface area contributed by atoms with E-state index in [2.05, 4.69) is 11.8 Å². The van der Waals surface area contributed by atoms with Gasteiger partial charge in [-0.1, -0.05) is 24.0 Å². The number of aliphatic hydroxyl groups excluding tert-OH is 1. The summed E-state index contributed by atoms with van der Waals surface area (Å²) in [7, 11) is 0. The van der Waals surface area contributed by atoms with Gasteiger partial charge < -0.3 is 10.0 Å². The van der Waals surface area contributed by atoms with Crippen molar-refractivity contribution in [1.29, 1.82) is 0 Å². The molecule has 2 rings (SSSR count). The molecule has 0 spiro atoms. The van der Waals surface area contributed by atoms with Crippen molar-refractivity contribution in [1.82, 2.24) is 4.90 Å². The van der Waals surface area contributed by atoms with E-state index < -0.39 is 0 Å². The molecule has 0 atom stereocenters. The second-order valence-electron chi connectivity index (χ2n) is 4.43. The zero-order valence-corrected chi connectivity index (χ0v) is 10.4. The van der Waals surface area contributed by atoms with E-state index in [1.165, 1.54) is 0 Å². The Labute approximate surface area is 107 Å². The number of benzene rings is 1. The highest BCUT2D eigenvalue weighted by Gasteiger charge is 2.17. The van der Waals surface area contributed by atoms with Crippen molar-refractivity contribution in [2.75, 3.05) is 13.2 Å². The van der Waals surface area contributed by atoms with Crippen LogP contribution >= 0.6 is 0 Å². The number of carbonyl (C=O) groups excluding carboxylic acids is 1. The van der Waals surface area contributed by atoms with Crippen LogP contribution in [0.4, 0.5) is 0 Å². The van der Waals surface area contributed by atoms with E-state index >= 15 is 0 Å². The number of likely N-dealkylation sites (tertiary alicyclic amines) is 1. The summed E-state index contributed by atoms with van der Waals surface area (Å²) in [5.41, 5.74) is 2.01. The molecular weight excluding hydrogens is 226 g/mol. The molecule has 1 aliphatic heterocycles. The molecule has 1 aromatic carbocycles. The Morgan fingerprint density at radius 2 is 2.00 bits per heavy atom.